The van der Waals surface area contributed by atoms with Gasteiger partial charge in [-0.25, -0.2) is 0 Å². The Morgan fingerprint density at radius 1 is 1.50 bits per heavy atom. The predicted molar refractivity (Wildman–Crippen MR) is 75.0 cm³/mol. The molecule has 0 saturated heterocycles. The average Bonchev–Trinajstić information content (AvgIpc) is 2.56. The number of amides is 1. The van der Waals surface area contributed by atoms with Crippen LogP contribution in [0.4, 0.5) is 5.69 Å². The molecule has 1 amide bonds. The zero-order chi connectivity index (χ0) is 13.3. The summed E-state index contributed by atoms with van der Waals surface area (Å²) in [6, 6.07) is 3.54. The van der Waals surface area contributed by atoms with Crippen molar-refractivity contribution in [3.05, 3.63) is 22.2 Å². The van der Waals surface area contributed by atoms with Gasteiger partial charge in [-0.15, -0.1) is 0 Å². The smallest absolute Gasteiger partial charge is 0.246 e. The molecule has 2 N–H and O–H groups in total. The van der Waals surface area contributed by atoms with Crippen LogP contribution in [-0.2, 0) is 4.79 Å². The lowest BCUT2D eigenvalue weighted by molar-refractivity contribution is -0.117. The molecule has 1 aliphatic rings. The Hall–Kier alpha value is -1.07. The highest BCUT2D eigenvalue weighted by Gasteiger charge is 2.30. The van der Waals surface area contributed by atoms with Crippen molar-refractivity contribution < 1.29 is 9.53 Å². The molecular formula is C13H17BrN2O2. The number of nitrogens with one attached hydrogen (secondary N) is 2. The normalized spacial score (nSPS) is 17.8. The molecule has 1 unspecified atom stereocenters. The Kier molecular flexibility index (Phi) is 3.92. The maximum Gasteiger partial charge on any atom is 0.246 e. The van der Waals surface area contributed by atoms with E-state index in [1.165, 1.54) is 0 Å². The molecule has 0 radical (unpaired) electrons. The van der Waals surface area contributed by atoms with E-state index in [1.807, 2.05) is 32.9 Å². The summed E-state index contributed by atoms with van der Waals surface area (Å²) in [5.41, 5.74) is 1.79. The van der Waals surface area contributed by atoms with E-state index >= 15 is 0 Å². The summed E-state index contributed by atoms with van der Waals surface area (Å²) in [6.07, 6.45) is 0.0982. The minimum Gasteiger partial charge on any atom is -0.490 e. The molecule has 2 rings (SSSR count). The topological polar surface area (TPSA) is 50.4 Å². The summed E-state index contributed by atoms with van der Waals surface area (Å²) in [5.74, 6) is 0.738. The van der Waals surface area contributed by atoms with E-state index in [2.05, 4.69) is 26.6 Å². The van der Waals surface area contributed by atoms with Gasteiger partial charge in [-0.1, -0.05) is 6.92 Å². The molecule has 0 fully saturated rings. The van der Waals surface area contributed by atoms with Crippen molar-refractivity contribution in [1.29, 1.82) is 0 Å². The third-order valence-corrected chi connectivity index (χ3v) is 3.33. The molecule has 1 heterocycles. The zero-order valence-electron chi connectivity index (χ0n) is 10.7. The van der Waals surface area contributed by atoms with Crippen LogP contribution in [0.5, 0.6) is 5.75 Å². The second-order valence-corrected chi connectivity index (χ2v) is 5.37. The Balaban J connectivity index is 2.35. The third-order valence-electron chi connectivity index (χ3n) is 2.71. The number of fused-ring (bicyclic) bond motifs is 1. The van der Waals surface area contributed by atoms with Crippen molar-refractivity contribution in [2.24, 2.45) is 0 Å². The fourth-order valence-corrected chi connectivity index (χ4v) is 2.47. The quantitative estimate of drug-likeness (QED) is 0.899. The molecule has 0 aromatic heterocycles. The fraction of sp³-hybridized carbons (Fsp3) is 0.462. The predicted octanol–water partition coefficient (Wildman–Crippen LogP) is 2.84. The zero-order valence-corrected chi connectivity index (χ0v) is 12.3. The lowest BCUT2D eigenvalue weighted by Crippen LogP contribution is -2.27. The molecule has 1 aromatic rings. The van der Waals surface area contributed by atoms with Gasteiger partial charge in [-0.3, -0.25) is 4.79 Å². The molecule has 0 bridgehead atoms. The van der Waals surface area contributed by atoms with Crippen LogP contribution >= 0.6 is 15.9 Å². The summed E-state index contributed by atoms with van der Waals surface area (Å²) in [4.78, 5) is 11.8. The SMILES string of the molecule is CCNC1C(=O)Nc2cc(OC(C)C)c(Br)cc21. The second-order valence-electron chi connectivity index (χ2n) is 4.52. The first-order chi connectivity index (χ1) is 8.52. The molecular weight excluding hydrogens is 296 g/mol. The van der Waals surface area contributed by atoms with Gasteiger partial charge in [0.2, 0.25) is 5.91 Å². The Bertz CT molecular complexity index is 474. The first kappa shape index (κ1) is 13.4. The number of carbonyl (C=O) groups excluding carboxylic acids is 1. The minimum absolute atomic E-state index is 0.0135. The summed E-state index contributed by atoms with van der Waals surface area (Å²) < 4.78 is 6.55. The van der Waals surface area contributed by atoms with Crippen LogP contribution in [0.1, 0.15) is 32.4 Å². The number of ether oxygens (including phenoxy) is 1. The van der Waals surface area contributed by atoms with E-state index < -0.39 is 0 Å². The average molecular weight is 313 g/mol. The van der Waals surface area contributed by atoms with Gasteiger partial charge in [0.05, 0.1) is 10.6 Å². The van der Waals surface area contributed by atoms with Crippen molar-refractivity contribution in [1.82, 2.24) is 5.32 Å². The van der Waals surface area contributed by atoms with Crippen LogP contribution in [0.15, 0.2) is 16.6 Å². The molecule has 4 nitrogen and oxygen atoms in total. The van der Waals surface area contributed by atoms with E-state index in [0.717, 1.165) is 28.0 Å². The van der Waals surface area contributed by atoms with Crippen LogP contribution in [0.2, 0.25) is 0 Å². The highest BCUT2D eigenvalue weighted by atomic mass is 79.9. The van der Waals surface area contributed by atoms with Crippen LogP contribution < -0.4 is 15.4 Å². The van der Waals surface area contributed by atoms with Crippen molar-refractivity contribution in [2.75, 3.05) is 11.9 Å². The van der Waals surface area contributed by atoms with Crippen molar-refractivity contribution in [3.8, 4) is 5.75 Å². The molecule has 0 saturated carbocycles. The van der Waals surface area contributed by atoms with Gasteiger partial charge in [-0.05, 0) is 42.4 Å². The summed E-state index contributed by atoms with van der Waals surface area (Å²) in [5, 5.41) is 6.04. The van der Waals surface area contributed by atoms with E-state index in [0.29, 0.717) is 0 Å². The maximum atomic E-state index is 11.8. The van der Waals surface area contributed by atoms with Gasteiger partial charge in [-0.2, -0.15) is 0 Å². The third kappa shape index (κ3) is 2.52. The van der Waals surface area contributed by atoms with Gasteiger partial charge >= 0.3 is 0 Å². The molecule has 1 aromatic carbocycles. The number of carbonyl (C=O) groups is 1. The van der Waals surface area contributed by atoms with Crippen molar-refractivity contribution in [2.45, 2.75) is 32.9 Å². The van der Waals surface area contributed by atoms with Gasteiger partial charge in [0.1, 0.15) is 11.8 Å². The van der Waals surface area contributed by atoms with E-state index in [-0.39, 0.29) is 18.1 Å². The number of halogens is 1. The number of benzene rings is 1. The number of hydrogen-bond donors (Lipinski definition) is 2. The molecule has 18 heavy (non-hydrogen) atoms. The van der Waals surface area contributed by atoms with Crippen LogP contribution in [0.25, 0.3) is 0 Å². The number of rotatable bonds is 4. The van der Waals surface area contributed by atoms with Gasteiger partial charge in [0, 0.05) is 17.3 Å². The second kappa shape index (κ2) is 5.28. The number of hydrogen-bond acceptors (Lipinski definition) is 3. The highest BCUT2D eigenvalue weighted by molar-refractivity contribution is 9.10. The summed E-state index contributed by atoms with van der Waals surface area (Å²) in [7, 11) is 0. The number of anilines is 1. The first-order valence-electron chi connectivity index (χ1n) is 6.07. The Labute approximate surface area is 115 Å². The van der Waals surface area contributed by atoms with Crippen molar-refractivity contribution in [3.63, 3.8) is 0 Å². The largest absolute Gasteiger partial charge is 0.490 e. The van der Waals surface area contributed by atoms with Gasteiger partial charge in [0.15, 0.2) is 0 Å². The molecule has 0 spiro atoms. The van der Waals surface area contributed by atoms with Crippen LogP contribution in [0, 0.1) is 0 Å². The monoisotopic (exact) mass is 312 g/mol. The molecule has 5 heteroatoms. The van der Waals surface area contributed by atoms with Crippen LogP contribution in [-0.4, -0.2) is 18.6 Å². The van der Waals surface area contributed by atoms with Gasteiger partial charge < -0.3 is 15.4 Å². The van der Waals surface area contributed by atoms with Crippen molar-refractivity contribution >= 4 is 27.5 Å². The number of likely N-dealkylation sites (N-methyl/N-ethyl adjacent to an activating group) is 1. The highest BCUT2D eigenvalue weighted by Crippen LogP contribution is 2.38. The summed E-state index contributed by atoms with van der Waals surface area (Å²) in [6.45, 7) is 6.68. The van der Waals surface area contributed by atoms with Gasteiger partial charge in [0.25, 0.3) is 0 Å². The molecule has 98 valence electrons. The summed E-state index contributed by atoms with van der Waals surface area (Å²) >= 11 is 3.49. The van der Waals surface area contributed by atoms with E-state index in [4.69, 9.17) is 4.74 Å². The molecule has 1 atom stereocenters. The molecule has 0 aliphatic carbocycles. The standard InChI is InChI=1S/C13H17BrN2O2/c1-4-15-12-8-5-9(14)11(18-7(2)3)6-10(8)16-13(12)17/h5-7,12,15H,4H2,1-3H3,(H,16,17). The fourth-order valence-electron chi connectivity index (χ4n) is 2.01. The first-order valence-corrected chi connectivity index (χ1v) is 6.86. The Morgan fingerprint density at radius 3 is 2.83 bits per heavy atom. The molecule has 1 aliphatic heterocycles. The lowest BCUT2D eigenvalue weighted by atomic mass is 10.1. The lowest BCUT2D eigenvalue weighted by Gasteiger charge is -2.14. The van der Waals surface area contributed by atoms with E-state index in [1.54, 1.807) is 0 Å². The Morgan fingerprint density at radius 2 is 2.22 bits per heavy atom. The van der Waals surface area contributed by atoms with E-state index in [9.17, 15) is 4.79 Å². The maximum absolute atomic E-state index is 11.8. The minimum atomic E-state index is -0.269. The van der Waals surface area contributed by atoms with Crippen LogP contribution in [0.3, 0.4) is 0 Å².